The van der Waals surface area contributed by atoms with Crippen molar-refractivity contribution in [1.29, 1.82) is 0 Å². The highest BCUT2D eigenvalue weighted by molar-refractivity contribution is 7.86. The van der Waals surface area contributed by atoms with Gasteiger partial charge in [-0.25, -0.2) is 0 Å². The zero-order chi connectivity index (χ0) is 9.94. The highest BCUT2D eigenvalue weighted by Gasteiger charge is 2.26. The molecule has 0 bridgehead atoms. The second-order valence-electron chi connectivity index (χ2n) is 2.30. The van der Waals surface area contributed by atoms with Crippen LogP contribution in [0.4, 0.5) is 0 Å². The van der Waals surface area contributed by atoms with Gasteiger partial charge in [0.1, 0.15) is 5.25 Å². The number of primary amides is 1. The molecule has 6 heteroatoms. The van der Waals surface area contributed by atoms with Crippen LogP contribution in [-0.2, 0) is 14.9 Å². The highest BCUT2D eigenvalue weighted by atomic mass is 32.2. The predicted molar refractivity (Wildman–Crippen MR) is 44.0 cm³/mol. The van der Waals surface area contributed by atoms with Crippen LogP contribution >= 0.6 is 0 Å². The molecular formula is C6H11NO4S. The average molecular weight is 193 g/mol. The Labute approximate surface area is 71.0 Å². The largest absolute Gasteiger partial charge is 0.366 e. The first kappa shape index (κ1) is 11.1. The Morgan fingerprint density at radius 2 is 2.08 bits per heavy atom. The fraction of sp³-hybridized carbons (Fsp3) is 0.500. The van der Waals surface area contributed by atoms with Crippen LogP contribution in [0.1, 0.15) is 13.3 Å². The molecule has 0 aliphatic rings. The van der Waals surface area contributed by atoms with Gasteiger partial charge in [0.05, 0.1) is 0 Å². The zero-order valence-electron chi connectivity index (χ0n) is 6.65. The number of carbonyl (C=O) groups excluding carboxylic acids is 1. The minimum absolute atomic E-state index is 0.0700. The van der Waals surface area contributed by atoms with E-state index < -0.39 is 21.3 Å². The standard InChI is InChI=1S/C6H11NO4S/c1-3-5(12(9,10)11)4(2)6(7)8/h5H,2-3H2,1H3,(H2,7,8)(H,9,10,11). The third kappa shape index (κ3) is 2.63. The molecule has 0 saturated heterocycles. The van der Waals surface area contributed by atoms with Crippen molar-refractivity contribution in [2.45, 2.75) is 18.6 Å². The van der Waals surface area contributed by atoms with Crippen molar-refractivity contribution < 1.29 is 17.8 Å². The Kier molecular flexibility index (Phi) is 3.41. The lowest BCUT2D eigenvalue weighted by Crippen LogP contribution is -2.29. The van der Waals surface area contributed by atoms with Gasteiger partial charge in [-0.3, -0.25) is 9.35 Å². The van der Waals surface area contributed by atoms with Crippen LogP contribution in [-0.4, -0.2) is 24.1 Å². The van der Waals surface area contributed by atoms with E-state index in [1.165, 1.54) is 6.92 Å². The maximum Gasteiger partial charge on any atom is 0.272 e. The van der Waals surface area contributed by atoms with Crippen LogP contribution < -0.4 is 5.73 Å². The van der Waals surface area contributed by atoms with Crippen molar-refractivity contribution in [1.82, 2.24) is 0 Å². The molecule has 0 fully saturated rings. The van der Waals surface area contributed by atoms with Crippen molar-refractivity contribution in [2.75, 3.05) is 0 Å². The molecule has 0 aromatic rings. The number of rotatable bonds is 4. The molecule has 3 N–H and O–H groups in total. The fourth-order valence-corrected chi connectivity index (χ4v) is 1.69. The third-order valence-electron chi connectivity index (χ3n) is 1.44. The van der Waals surface area contributed by atoms with E-state index in [1.54, 1.807) is 0 Å². The summed E-state index contributed by atoms with van der Waals surface area (Å²) < 4.78 is 29.8. The third-order valence-corrected chi connectivity index (χ3v) is 2.77. The molecule has 0 aromatic carbocycles. The van der Waals surface area contributed by atoms with Crippen molar-refractivity contribution in [2.24, 2.45) is 5.73 Å². The second-order valence-corrected chi connectivity index (χ2v) is 3.90. The van der Waals surface area contributed by atoms with E-state index in [0.29, 0.717) is 0 Å². The van der Waals surface area contributed by atoms with E-state index in [1.807, 2.05) is 0 Å². The molecule has 0 rings (SSSR count). The molecule has 1 amide bonds. The average Bonchev–Trinajstić information content (AvgIpc) is 1.85. The van der Waals surface area contributed by atoms with Gasteiger partial charge in [0, 0.05) is 5.57 Å². The van der Waals surface area contributed by atoms with Gasteiger partial charge in [-0.2, -0.15) is 8.42 Å². The summed E-state index contributed by atoms with van der Waals surface area (Å²) in [7, 11) is -4.26. The molecule has 0 saturated carbocycles. The summed E-state index contributed by atoms with van der Waals surface area (Å²) in [6.07, 6.45) is 0.0700. The van der Waals surface area contributed by atoms with E-state index in [2.05, 4.69) is 6.58 Å². The maximum atomic E-state index is 10.6. The number of amides is 1. The van der Waals surface area contributed by atoms with Gasteiger partial charge in [-0.1, -0.05) is 13.5 Å². The second kappa shape index (κ2) is 3.68. The van der Waals surface area contributed by atoms with E-state index in [-0.39, 0.29) is 12.0 Å². The van der Waals surface area contributed by atoms with E-state index in [9.17, 15) is 13.2 Å². The van der Waals surface area contributed by atoms with Crippen molar-refractivity contribution in [3.05, 3.63) is 12.2 Å². The molecule has 0 spiro atoms. The summed E-state index contributed by atoms with van der Waals surface area (Å²) >= 11 is 0. The van der Waals surface area contributed by atoms with Gasteiger partial charge < -0.3 is 5.73 Å². The van der Waals surface area contributed by atoms with Crippen LogP contribution in [0, 0.1) is 0 Å². The fourth-order valence-electron chi connectivity index (χ4n) is 0.795. The zero-order valence-corrected chi connectivity index (χ0v) is 7.47. The van der Waals surface area contributed by atoms with Gasteiger partial charge in [0.25, 0.3) is 10.1 Å². The highest BCUT2D eigenvalue weighted by Crippen LogP contribution is 2.12. The molecule has 0 radical (unpaired) electrons. The Hall–Kier alpha value is -0.880. The lowest BCUT2D eigenvalue weighted by molar-refractivity contribution is -0.114. The Balaban J connectivity index is 4.83. The van der Waals surface area contributed by atoms with Crippen LogP contribution in [0.3, 0.4) is 0 Å². The van der Waals surface area contributed by atoms with Gasteiger partial charge in [-0.05, 0) is 6.42 Å². The van der Waals surface area contributed by atoms with Crippen LogP contribution in [0.15, 0.2) is 12.2 Å². The topological polar surface area (TPSA) is 97.5 Å². The smallest absolute Gasteiger partial charge is 0.272 e. The lowest BCUT2D eigenvalue weighted by Gasteiger charge is -2.10. The molecular weight excluding hydrogens is 182 g/mol. The summed E-state index contributed by atoms with van der Waals surface area (Å²) in [5.74, 6) is -0.917. The quantitative estimate of drug-likeness (QED) is 0.473. The van der Waals surface area contributed by atoms with E-state index in [4.69, 9.17) is 10.3 Å². The van der Waals surface area contributed by atoms with Crippen molar-refractivity contribution in [3.8, 4) is 0 Å². The summed E-state index contributed by atoms with van der Waals surface area (Å²) in [6.45, 7) is 4.68. The molecule has 0 heterocycles. The molecule has 0 aliphatic heterocycles. The van der Waals surface area contributed by atoms with Gasteiger partial charge >= 0.3 is 0 Å². The molecule has 1 atom stereocenters. The molecule has 1 unspecified atom stereocenters. The number of hydrogen-bond acceptors (Lipinski definition) is 3. The van der Waals surface area contributed by atoms with Gasteiger partial charge in [0.15, 0.2) is 0 Å². The monoisotopic (exact) mass is 193 g/mol. The Bertz CT molecular complexity index is 293. The van der Waals surface area contributed by atoms with Crippen LogP contribution in [0.2, 0.25) is 0 Å². The molecule has 5 nitrogen and oxygen atoms in total. The predicted octanol–water partition coefficient (Wildman–Crippen LogP) is -0.306. The van der Waals surface area contributed by atoms with Crippen molar-refractivity contribution in [3.63, 3.8) is 0 Å². The maximum absolute atomic E-state index is 10.6. The lowest BCUT2D eigenvalue weighted by atomic mass is 10.1. The Morgan fingerprint density at radius 3 is 2.17 bits per heavy atom. The first-order chi connectivity index (χ1) is 5.30. The van der Waals surface area contributed by atoms with E-state index in [0.717, 1.165) is 0 Å². The minimum Gasteiger partial charge on any atom is -0.366 e. The first-order valence-corrected chi connectivity index (χ1v) is 4.76. The SMILES string of the molecule is C=C(C(N)=O)C(CC)S(=O)(=O)O. The summed E-state index contributed by atoms with van der Waals surface area (Å²) in [5, 5.41) is -1.28. The summed E-state index contributed by atoms with van der Waals surface area (Å²) in [4.78, 5) is 10.5. The van der Waals surface area contributed by atoms with Crippen molar-refractivity contribution >= 4 is 16.0 Å². The van der Waals surface area contributed by atoms with Gasteiger partial charge in [-0.15, -0.1) is 0 Å². The molecule has 12 heavy (non-hydrogen) atoms. The summed E-state index contributed by atoms with van der Waals surface area (Å²) in [6, 6.07) is 0. The molecule has 0 aromatic heterocycles. The van der Waals surface area contributed by atoms with Gasteiger partial charge in [0.2, 0.25) is 5.91 Å². The first-order valence-electron chi connectivity index (χ1n) is 3.25. The molecule has 70 valence electrons. The minimum atomic E-state index is -4.26. The normalized spacial score (nSPS) is 13.8. The number of nitrogens with two attached hydrogens (primary N) is 1. The van der Waals surface area contributed by atoms with Crippen LogP contribution in [0.5, 0.6) is 0 Å². The van der Waals surface area contributed by atoms with Crippen LogP contribution in [0.25, 0.3) is 0 Å². The Morgan fingerprint density at radius 1 is 1.67 bits per heavy atom. The van der Waals surface area contributed by atoms with E-state index >= 15 is 0 Å². The summed E-state index contributed by atoms with van der Waals surface area (Å²) in [5.41, 5.74) is 4.50. The number of hydrogen-bond donors (Lipinski definition) is 2. The number of carbonyl (C=O) groups is 1. The molecule has 0 aliphatic carbocycles.